The zero-order chi connectivity index (χ0) is 94.7. The van der Waals surface area contributed by atoms with Crippen molar-refractivity contribution in [3.8, 4) is 39.8 Å². The summed E-state index contributed by atoms with van der Waals surface area (Å²) in [4.78, 5) is 31.0. The summed E-state index contributed by atoms with van der Waals surface area (Å²) in [5.74, 6) is 0. The Hall–Kier alpha value is -14.9. The van der Waals surface area contributed by atoms with Gasteiger partial charge >= 0.3 is 0 Å². The van der Waals surface area contributed by atoms with Crippen LogP contribution >= 0.6 is 112 Å². The van der Waals surface area contributed by atoms with Gasteiger partial charge in [-0.25, -0.2) is 9.97 Å². The summed E-state index contributed by atoms with van der Waals surface area (Å²) in [5, 5.41) is 14.4. The molecule has 14 nitrogen and oxygen atoms in total. The first-order valence-electron chi connectivity index (χ1n) is 45.1. The molecule has 0 atom stereocenters. The van der Waals surface area contributed by atoms with Crippen LogP contribution in [0.5, 0.6) is 0 Å². The third kappa shape index (κ3) is 17.0. The highest BCUT2D eigenvalue weighted by atomic mass is 79.9. The third-order valence-electron chi connectivity index (χ3n) is 24.7. The van der Waals surface area contributed by atoms with Crippen LogP contribution in [0.2, 0.25) is 0 Å². The van der Waals surface area contributed by atoms with Crippen molar-refractivity contribution in [2.24, 2.45) is 0 Å². The Labute approximate surface area is 862 Å². The zero-order valence-electron chi connectivity index (χ0n) is 74.4. The molecule has 14 aromatic carbocycles. The molecule has 0 aliphatic heterocycles. The molecule has 0 saturated carbocycles. The minimum Gasteiger partial charge on any atom is -0.308 e. The van der Waals surface area contributed by atoms with Gasteiger partial charge in [0.25, 0.3) is 0 Å². The molecular weight excluding hydrogens is 2180 g/mol. The second-order valence-electron chi connectivity index (χ2n) is 32.8. The van der Waals surface area contributed by atoms with Gasteiger partial charge in [-0.05, 0) is 287 Å². The molecule has 0 saturated heterocycles. The topological polar surface area (TPSA) is 125 Å². The number of rotatable bonds is 7. The first kappa shape index (κ1) is 90.3. The smallest absolute Gasteiger partial charge is 0.145 e. The summed E-state index contributed by atoms with van der Waals surface area (Å²) in [5.41, 5.74) is 26.1. The van der Waals surface area contributed by atoms with Crippen molar-refractivity contribution >= 4 is 265 Å². The zero-order valence-corrected chi connectivity index (χ0v) is 85.5. The molecule has 0 fully saturated rings. The summed E-state index contributed by atoms with van der Waals surface area (Å²) in [7, 11) is 0. The SMILES string of the molecule is Brc1cccc2c3cccnc3n(-c3ccccc3)c12.Brc1cccc2c3ccncc3n(-c3ccccc3)c12.Brc1cccc2c3cnccc3n(-c3ccccc3)c12.Brc1cccc2c3ncccc3n(-c3ccccc3)c12.Brc1ccnc2c3ccccc3n(-c3ccccc3)c12.Brc1cncc2c3ccccc3n(-c3ccccc3)c12.Brc1nccc2c3ccccc3n(-c3ccccc3)c12. The molecular formula is C119H77Br7N14. The summed E-state index contributed by atoms with van der Waals surface area (Å²) >= 11 is 25.6. The molecule has 0 amide bonds. The van der Waals surface area contributed by atoms with Crippen LogP contribution in [0.3, 0.4) is 0 Å². The van der Waals surface area contributed by atoms with Crippen molar-refractivity contribution in [2.45, 2.75) is 0 Å². The second-order valence-corrected chi connectivity index (χ2v) is 38.7. The molecule has 140 heavy (non-hydrogen) atoms. The highest BCUT2D eigenvalue weighted by Crippen LogP contribution is 2.44. The third-order valence-corrected chi connectivity index (χ3v) is 29.1. The van der Waals surface area contributed by atoms with Crippen LogP contribution in [0.1, 0.15) is 0 Å². The van der Waals surface area contributed by atoms with E-state index in [1.165, 1.54) is 97.7 Å². The van der Waals surface area contributed by atoms with E-state index in [-0.39, 0.29) is 0 Å². The van der Waals surface area contributed by atoms with Crippen LogP contribution in [0, 0.1) is 0 Å². The lowest BCUT2D eigenvalue weighted by Gasteiger charge is -2.08. The number of fused-ring (bicyclic) bond motifs is 21. The van der Waals surface area contributed by atoms with Gasteiger partial charge in [-0.3, -0.25) is 29.5 Å². The van der Waals surface area contributed by atoms with E-state index in [0.29, 0.717) is 0 Å². The van der Waals surface area contributed by atoms with Crippen LogP contribution in [0.25, 0.3) is 193 Å². The molecule has 14 heterocycles. The quantitative estimate of drug-likeness (QED) is 0.146. The monoisotopic (exact) mass is 2250 g/mol. The first-order chi connectivity index (χ1) is 69.0. The number of halogens is 7. The van der Waals surface area contributed by atoms with E-state index < -0.39 is 0 Å². The summed E-state index contributed by atoms with van der Waals surface area (Å²) < 4.78 is 23.0. The van der Waals surface area contributed by atoms with E-state index in [1.807, 2.05) is 135 Å². The van der Waals surface area contributed by atoms with Crippen molar-refractivity contribution in [3.05, 3.63) is 500 Å². The Morgan fingerprint density at radius 3 is 1.00 bits per heavy atom. The lowest BCUT2D eigenvalue weighted by atomic mass is 10.2. The molecule has 14 aromatic heterocycles. The predicted octanol–water partition coefficient (Wildman–Crippen LogP) is 34.6. The number of pyridine rings is 7. The van der Waals surface area contributed by atoms with Crippen molar-refractivity contribution in [1.29, 1.82) is 0 Å². The van der Waals surface area contributed by atoms with Gasteiger partial charge in [-0.15, -0.1) is 0 Å². The van der Waals surface area contributed by atoms with Crippen molar-refractivity contribution in [2.75, 3.05) is 0 Å². The molecule has 0 N–H and O–H groups in total. The Morgan fingerprint density at radius 2 is 0.464 bits per heavy atom. The second kappa shape index (κ2) is 40.3. The van der Waals surface area contributed by atoms with Crippen LogP contribution in [-0.2, 0) is 0 Å². The summed E-state index contributed by atoms with van der Waals surface area (Å²) in [6.45, 7) is 0. The van der Waals surface area contributed by atoms with Crippen LogP contribution in [-0.4, -0.2) is 66.9 Å². The van der Waals surface area contributed by atoms with Gasteiger partial charge in [0.1, 0.15) is 10.3 Å². The minimum atomic E-state index is 0.870. The van der Waals surface area contributed by atoms with E-state index in [4.69, 9.17) is 0 Å². The van der Waals surface area contributed by atoms with Crippen LogP contribution in [0.15, 0.2) is 500 Å². The Balaban J connectivity index is 0.0000000939. The van der Waals surface area contributed by atoms with Gasteiger partial charge in [-0.1, -0.05) is 231 Å². The lowest BCUT2D eigenvalue weighted by molar-refractivity contribution is 1.13. The largest absolute Gasteiger partial charge is 0.308 e. The van der Waals surface area contributed by atoms with Gasteiger partial charge in [0.05, 0.1) is 93.4 Å². The van der Waals surface area contributed by atoms with Gasteiger partial charge < -0.3 is 27.4 Å². The molecule has 0 unspecified atom stereocenters. The van der Waals surface area contributed by atoms with E-state index in [1.54, 1.807) is 0 Å². The Bertz CT molecular complexity index is 7900. The fraction of sp³-hybridized carbons (Fsp3) is 0. The predicted molar refractivity (Wildman–Crippen MR) is 604 cm³/mol. The lowest BCUT2D eigenvalue weighted by Crippen LogP contribution is -1.95. The van der Waals surface area contributed by atoms with E-state index in [0.717, 1.165) is 127 Å². The van der Waals surface area contributed by atoms with Crippen molar-refractivity contribution in [3.63, 3.8) is 0 Å². The van der Waals surface area contributed by atoms with E-state index in [2.05, 4.69) is 512 Å². The Morgan fingerprint density at radius 1 is 0.150 bits per heavy atom. The standard InChI is InChI=1S/7C17H11BrN2/c18-15-10-4-8-13-14-9-5-11-19-17(14)20(16(13)15)12-6-2-1-3-7-12;18-14-9-4-8-13-16-15(10-5-11-19-16)20(17(13)14)12-6-2-1-3-7-12;18-15-11-19-10-14-13-8-4-5-9-16(13)20(17(14)15)12-6-2-1-3-7-12;18-14-10-11-19-16-13-8-4-5-9-15(13)20(17(14)16)12-6-2-1-3-7-12;18-17-16-14(10-11-19-17)13-8-4-5-9-15(13)20(16)12-6-2-1-3-7-12;18-15-8-4-7-14-13-9-10-19-11-16(13)20(17(14)15)12-5-2-1-3-6-12;18-15-8-4-7-13-14-11-19-10-9-16(14)20(17(13)15)12-5-2-1-3-6-12/h7*1-11H. The first-order valence-corrected chi connectivity index (χ1v) is 50.7. The van der Waals surface area contributed by atoms with E-state index in [9.17, 15) is 0 Å². The number of para-hydroxylation sites is 14. The van der Waals surface area contributed by atoms with Gasteiger partial charge in [0.2, 0.25) is 0 Å². The molecule has 21 heteroatoms. The fourth-order valence-electron chi connectivity index (χ4n) is 18.9. The minimum absolute atomic E-state index is 0.870. The maximum Gasteiger partial charge on any atom is 0.145 e. The molecule has 0 aliphatic rings. The van der Waals surface area contributed by atoms with Gasteiger partial charge in [0.15, 0.2) is 0 Å². The molecule has 0 radical (unpaired) electrons. The van der Waals surface area contributed by atoms with Crippen LogP contribution < -0.4 is 0 Å². The average molecular weight is 2260 g/mol. The number of hydrogen-bond acceptors (Lipinski definition) is 7. The molecule has 0 bridgehead atoms. The number of nitrogens with zero attached hydrogens (tertiary/aromatic N) is 14. The van der Waals surface area contributed by atoms with Crippen molar-refractivity contribution in [1.82, 2.24) is 66.9 Å². The average Bonchev–Trinajstić information content (AvgIpc) is 1.63. The molecule has 0 aliphatic carbocycles. The normalized spacial score (nSPS) is 11.2. The number of hydrogen-bond donors (Lipinski definition) is 0. The highest BCUT2D eigenvalue weighted by Gasteiger charge is 2.23. The summed E-state index contributed by atoms with van der Waals surface area (Å²) in [6.07, 6.45) is 18.7. The molecule has 28 aromatic rings. The van der Waals surface area contributed by atoms with E-state index >= 15 is 0 Å². The Kier molecular flexibility index (Phi) is 26.0. The van der Waals surface area contributed by atoms with Crippen molar-refractivity contribution < 1.29 is 0 Å². The van der Waals surface area contributed by atoms with Crippen LogP contribution in [0.4, 0.5) is 0 Å². The summed E-state index contributed by atoms with van der Waals surface area (Å²) in [6, 6.07) is 139. The maximum atomic E-state index is 4.58. The fourth-order valence-corrected chi connectivity index (χ4v) is 22.6. The van der Waals surface area contributed by atoms with Gasteiger partial charge in [0, 0.05) is 183 Å². The number of aromatic nitrogens is 14. The maximum absolute atomic E-state index is 4.58. The molecule has 672 valence electrons. The number of benzene rings is 14. The molecule has 28 rings (SSSR count). The highest BCUT2D eigenvalue weighted by molar-refractivity contribution is 9.11. The molecule has 0 spiro atoms. The van der Waals surface area contributed by atoms with Gasteiger partial charge in [-0.2, -0.15) is 0 Å².